The number of imidazole rings is 1. The van der Waals surface area contributed by atoms with Gasteiger partial charge in [-0.3, -0.25) is 4.79 Å². The van der Waals surface area contributed by atoms with Crippen LogP contribution in [0.25, 0.3) is 11.2 Å². The predicted octanol–water partition coefficient (Wildman–Crippen LogP) is 1.58. The van der Waals surface area contributed by atoms with E-state index in [0.717, 1.165) is 37.4 Å². The van der Waals surface area contributed by atoms with Crippen molar-refractivity contribution in [3.63, 3.8) is 0 Å². The van der Waals surface area contributed by atoms with Gasteiger partial charge in [0.15, 0.2) is 11.5 Å². The molecule has 10 heteroatoms. The summed E-state index contributed by atoms with van der Waals surface area (Å²) in [4.78, 5) is 19.4. The Morgan fingerprint density at radius 1 is 1.26 bits per heavy atom. The Morgan fingerprint density at radius 2 is 2.06 bits per heavy atom. The van der Waals surface area contributed by atoms with Crippen molar-refractivity contribution in [2.24, 2.45) is 0 Å². The summed E-state index contributed by atoms with van der Waals surface area (Å²) in [6.45, 7) is 4.96. The molecule has 5 heterocycles. The molecule has 0 unspecified atom stereocenters. The largest absolute Gasteiger partial charge is 0.390 e. The smallest absolute Gasteiger partial charge is 0.274 e. The Bertz CT molecular complexity index is 1290. The van der Waals surface area contributed by atoms with Crippen LogP contribution in [0, 0.1) is 12.7 Å². The maximum atomic E-state index is 14.4. The van der Waals surface area contributed by atoms with Crippen LogP contribution in [0.2, 0.25) is 0 Å². The van der Waals surface area contributed by atoms with E-state index in [1.165, 1.54) is 10.6 Å². The van der Waals surface area contributed by atoms with Gasteiger partial charge in [-0.2, -0.15) is 5.10 Å². The second-order valence-corrected chi connectivity index (χ2v) is 7.58. The molecule has 0 atom stereocenters. The molecule has 0 saturated carbocycles. The number of amides is 1. The molecule has 160 valence electrons. The number of hydrogen-bond donors (Lipinski definition) is 3. The third-order valence-electron chi connectivity index (χ3n) is 5.39. The summed E-state index contributed by atoms with van der Waals surface area (Å²) in [5, 5.41) is 20.0. The van der Waals surface area contributed by atoms with Gasteiger partial charge < -0.3 is 25.0 Å². The van der Waals surface area contributed by atoms with Gasteiger partial charge in [0.1, 0.15) is 5.69 Å². The Labute approximate surface area is 177 Å². The summed E-state index contributed by atoms with van der Waals surface area (Å²) in [7, 11) is 0. The summed E-state index contributed by atoms with van der Waals surface area (Å²) >= 11 is 0. The fraction of sp³-hybridized carbons (Fsp3) is 0.286. The highest BCUT2D eigenvalue weighted by Gasteiger charge is 2.20. The van der Waals surface area contributed by atoms with Crippen molar-refractivity contribution in [1.29, 1.82) is 0 Å². The number of nitrogens with zero attached hydrogens (tertiary/aromatic N) is 5. The fourth-order valence-corrected chi connectivity index (χ4v) is 3.98. The van der Waals surface area contributed by atoms with Gasteiger partial charge in [0.05, 0.1) is 34.9 Å². The third kappa shape index (κ3) is 3.49. The monoisotopic (exact) mass is 423 g/mol. The van der Waals surface area contributed by atoms with Crippen LogP contribution in [0.5, 0.6) is 0 Å². The van der Waals surface area contributed by atoms with E-state index in [1.54, 1.807) is 35.9 Å². The molecule has 3 N–H and O–H groups in total. The number of nitrogens with one attached hydrogen (secondary N) is 2. The number of carbonyl (C=O) groups is 1. The van der Waals surface area contributed by atoms with Gasteiger partial charge in [-0.15, -0.1) is 0 Å². The van der Waals surface area contributed by atoms with E-state index < -0.39 is 11.7 Å². The number of aromatic nitrogens is 4. The first kappa shape index (κ1) is 19.5. The van der Waals surface area contributed by atoms with Crippen LogP contribution in [-0.2, 0) is 6.61 Å². The highest BCUT2D eigenvalue weighted by Crippen LogP contribution is 2.25. The number of aliphatic hydroxyl groups is 1. The lowest BCUT2D eigenvalue weighted by molar-refractivity contribution is 0.102. The number of carbonyl (C=O) groups excluding carboxylic acids is 1. The van der Waals surface area contributed by atoms with Crippen LogP contribution in [0.4, 0.5) is 15.8 Å². The molecular formula is C21H22FN7O2. The summed E-state index contributed by atoms with van der Waals surface area (Å²) in [5.41, 5.74) is 3.64. The molecule has 0 aliphatic carbocycles. The molecule has 1 amide bonds. The van der Waals surface area contributed by atoms with Gasteiger partial charge in [-0.1, -0.05) is 0 Å². The quantitative estimate of drug-likeness (QED) is 0.461. The van der Waals surface area contributed by atoms with E-state index in [2.05, 4.69) is 25.6 Å². The first-order chi connectivity index (χ1) is 15.0. The number of halogens is 1. The van der Waals surface area contributed by atoms with E-state index in [-0.39, 0.29) is 17.9 Å². The summed E-state index contributed by atoms with van der Waals surface area (Å²) < 4.78 is 17.5. The number of piperazine rings is 1. The zero-order valence-electron chi connectivity index (χ0n) is 17.0. The average Bonchev–Trinajstić information content (AvgIpc) is 3.37. The number of hydrogen-bond acceptors (Lipinski definition) is 6. The molecule has 1 aliphatic heterocycles. The van der Waals surface area contributed by atoms with Crippen molar-refractivity contribution in [3.8, 4) is 0 Å². The van der Waals surface area contributed by atoms with Gasteiger partial charge in [-0.05, 0) is 25.1 Å². The lowest BCUT2D eigenvalue weighted by Gasteiger charge is -2.30. The standard InChI is InChI=1S/C21H22FN7O2/c1-13-10-28-11-14(8-16(22)20(28)24-13)25-21(31)18-3-2-17(27-6-4-23-5-7-27)19-9-15(12-30)26-29(18)19/h2-3,8-11,23,30H,4-7,12H2,1H3,(H,25,31). The molecule has 1 aliphatic rings. The van der Waals surface area contributed by atoms with Gasteiger partial charge in [0, 0.05) is 44.6 Å². The lowest BCUT2D eigenvalue weighted by Crippen LogP contribution is -2.43. The molecule has 5 rings (SSSR count). The number of rotatable bonds is 4. The second-order valence-electron chi connectivity index (χ2n) is 7.58. The number of fused-ring (bicyclic) bond motifs is 2. The predicted molar refractivity (Wildman–Crippen MR) is 114 cm³/mol. The zero-order chi connectivity index (χ0) is 21.5. The van der Waals surface area contributed by atoms with Gasteiger partial charge >= 0.3 is 0 Å². The lowest BCUT2D eigenvalue weighted by atomic mass is 10.2. The first-order valence-electron chi connectivity index (χ1n) is 10.1. The fourth-order valence-electron chi connectivity index (χ4n) is 3.98. The molecule has 0 spiro atoms. The maximum Gasteiger partial charge on any atom is 0.274 e. The molecule has 0 bridgehead atoms. The number of pyridine rings is 2. The summed E-state index contributed by atoms with van der Waals surface area (Å²) in [6.07, 6.45) is 3.31. The molecule has 4 aromatic heterocycles. The van der Waals surface area contributed by atoms with Crippen molar-refractivity contribution in [2.75, 3.05) is 36.4 Å². The maximum absolute atomic E-state index is 14.4. The van der Waals surface area contributed by atoms with E-state index in [0.29, 0.717) is 17.1 Å². The van der Waals surface area contributed by atoms with Crippen molar-refractivity contribution >= 4 is 28.4 Å². The van der Waals surface area contributed by atoms with Crippen molar-refractivity contribution in [2.45, 2.75) is 13.5 Å². The molecule has 4 aromatic rings. The first-order valence-corrected chi connectivity index (χ1v) is 10.1. The number of anilines is 2. The Balaban J connectivity index is 1.52. The average molecular weight is 423 g/mol. The van der Waals surface area contributed by atoms with E-state index in [1.807, 2.05) is 6.07 Å². The second kappa shape index (κ2) is 7.64. The van der Waals surface area contributed by atoms with E-state index >= 15 is 0 Å². The molecule has 31 heavy (non-hydrogen) atoms. The van der Waals surface area contributed by atoms with E-state index in [4.69, 9.17) is 0 Å². The topological polar surface area (TPSA) is 99.2 Å². The Kier molecular flexibility index (Phi) is 4.79. The van der Waals surface area contributed by atoms with Gasteiger partial charge in [0.2, 0.25) is 0 Å². The summed E-state index contributed by atoms with van der Waals surface area (Å²) in [5.74, 6) is -0.952. The van der Waals surface area contributed by atoms with Crippen molar-refractivity contribution < 1.29 is 14.3 Å². The molecule has 9 nitrogen and oxygen atoms in total. The molecular weight excluding hydrogens is 401 g/mol. The van der Waals surface area contributed by atoms with Crippen LogP contribution in [-0.4, -0.2) is 56.2 Å². The molecule has 1 fully saturated rings. The number of aryl methyl sites for hydroxylation is 1. The van der Waals surface area contributed by atoms with E-state index in [9.17, 15) is 14.3 Å². The molecule has 0 aromatic carbocycles. The zero-order valence-corrected chi connectivity index (χ0v) is 17.0. The van der Waals surface area contributed by atoms with Gasteiger partial charge in [0.25, 0.3) is 5.91 Å². The SMILES string of the molecule is Cc1cn2cc(NC(=O)c3ccc(N4CCNCC4)c4cc(CO)nn34)cc(F)c2n1. The van der Waals surface area contributed by atoms with Crippen LogP contribution < -0.4 is 15.5 Å². The summed E-state index contributed by atoms with van der Waals surface area (Å²) in [6, 6.07) is 6.62. The van der Waals surface area contributed by atoms with Crippen molar-refractivity contribution in [1.82, 2.24) is 24.3 Å². The van der Waals surface area contributed by atoms with Crippen molar-refractivity contribution in [3.05, 3.63) is 59.6 Å². The Morgan fingerprint density at radius 3 is 2.84 bits per heavy atom. The van der Waals surface area contributed by atoms with Crippen LogP contribution in [0.3, 0.4) is 0 Å². The van der Waals surface area contributed by atoms with Crippen LogP contribution >= 0.6 is 0 Å². The molecule has 0 radical (unpaired) electrons. The third-order valence-corrected chi connectivity index (χ3v) is 5.39. The Hall–Kier alpha value is -3.50. The highest BCUT2D eigenvalue weighted by atomic mass is 19.1. The van der Waals surface area contributed by atoms with Crippen LogP contribution in [0.15, 0.2) is 36.7 Å². The highest BCUT2D eigenvalue weighted by molar-refractivity contribution is 6.04. The minimum absolute atomic E-state index is 0.206. The van der Waals surface area contributed by atoms with Gasteiger partial charge in [-0.25, -0.2) is 13.9 Å². The number of aliphatic hydroxyl groups excluding tert-OH is 1. The normalized spacial score (nSPS) is 14.5. The minimum Gasteiger partial charge on any atom is -0.390 e. The molecule has 1 saturated heterocycles. The van der Waals surface area contributed by atoms with Crippen LogP contribution in [0.1, 0.15) is 21.9 Å². The minimum atomic E-state index is -0.522.